The predicted molar refractivity (Wildman–Crippen MR) is 71.0 cm³/mol. The Hall–Kier alpha value is -1.12. The Bertz CT molecular complexity index is 326. The first kappa shape index (κ1) is 12.3. The van der Waals surface area contributed by atoms with E-state index in [9.17, 15) is 0 Å². The average molecular weight is 233 g/mol. The van der Waals surface area contributed by atoms with Crippen LogP contribution in [0.3, 0.4) is 0 Å². The van der Waals surface area contributed by atoms with Gasteiger partial charge < -0.3 is 5.32 Å². The summed E-state index contributed by atoms with van der Waals surface area (Å²) < 4.78 is 0. The van der Waals surface area contributed by atoms with Gasteiger partial charge in [-0.25, -0.2) is 0 Å². The lowest BCUT2D eigenvalue weighted by Crippen LogP contribution is -2.26. The standard InChI is InChI=1S/C14H23N3/c1-3-4-12-6-8-13(9-7-12)15-14-10-5-11(2)16-17-14/h5,10,12-13H,3-4,6-9H2,1-2H3,(H,15,17). The molecule has 0 bridgehead atoms. The molecule has 3 heteroatoms. The van der Waals surface area contributed by atoms with Gasteiger partial charge in [0.2, 0.25) is 0 Å². The van der Waals surface area contributed by atoms with Gasteiger partial charge in [0, 0.05) is 6.04 Å². The minimum Gasteiger partial charge on any atom is -0.366 e. The molecule has 1 aromatic heterocycles. The number of anilines is 1. The summed E-state index contributed by atoms with van der Waals surface area (Å²) in [6.07, 6.45) is 8.01. The van der Waals surface area contributed by atoms with E-state index in [4.69, 9.17) is 0 Å². The molecule has 0 atom stereocenters. The molecule has 0 amide bonds. The molecule has 0 aliphatic heterocycles. The van der Waals surface area contributed by atoms with Crippen molar-refractivity contribution < 1.29 is 0 Å². The second-order valence-electron chi connectivity index (χ2n) is 5.21. The van der Waals surface area contributed by atoms with Crippen molar-refractivity contribution in [3.05, 3.63) is 17.8 Å². The first-order chi connectivity index (χ1) is 8.28. The van der Waals surface area contributed by atoms with E-state index in [0.717, 1.165) is 17.4 Å². The lowest BCUT2D eigenvalue weighted by Gasteiger charge is -2.29. The van der Waals surface area contributed by atoms with E-state index < -0.39 is 0 Å². The smallest absolute Gasteiger partial charge is 0.148 e. The number of nitrogens with one attached hydrogen (secondary N) is 1. The third-order valence-electron chi connectivity index (χ3n) is 3.69. The van der Waals surface area contributed by atoms with Crippen LogP contribution in [0.25, 0.3) is 0 Å². The Morgan fingerprint density at radius 2 is 1.94 bits per heavy atom. The largest absolute Gasteiger partial charge is 0.366 e. The molecule has 0 radical (unpaired) electrons. The van der Waals surface area contributed by atoms with Gasteiger partial charge in [-0.3, -0.25) is 0 Å². The summed E-state index contributed by atoms with van der Waals surface area (Å²) >= 11 is 0. The fraction of sp³-hybridized carbons (Fsp3) is 0.714. The van der Waals surface area contributed by atoms with Gasteiger partial charge in [0.25, 0.3) is 0 Å². The molecule has 1 fully saturated rings. The van der Waals surface area contributed by atoms with Crippen LogP contribution in [0.15, 0.2) is 12.1 Å². The van der Waals surface area contributed by atoms with Gasteiger partial charge in [-0.1, -0.05) is 19.8 Å². The summed E-state index contributed by atoms with van der Waals surface area (Å²) in [5, 5.41) is 11.7. The number of aromatic nitrogens is 2. The molecule has 0 aromatic carbocycles. The first-order valence-electron chi connectivity index (χ1n) is 6.84. The molecule has 3 nitrogen and oxygen atoms in total. The van der Waals surface area contributed by atoms with Crippen LogP contribution >= 0.6 is 0 Å². The molecule has 1 aromatic rings. The fourth-order valence-corrected chi connectivity index (χ4v) is 2.69. The highest BCUT2D eigenvalue weighted by Crippen LogP contribution is 2.29. The van der Waals surface area contributed by atoms with Crippen molar-refractivity contribution in [3.8, 4) is 0 Å². The van der Waals surface area contributed by atoms with Crippen LogP contribution in [0, 0.1) is 12.8 Å². The Morgan fingerprint density at radius 3 is 2.53 bits per heavy atom. The van der Waals surface area contributed by atoms with Crippen LogP contribution in [-0.4, -0.2) is 16.2 Å². The number of aryl methyl sites for hydroxylation is 1. The zero-order valence-electron chi connectivity index (χ0n) is 10.9. The SMILES string of the molecule is CCCC1CCC(Nc2ccc(C)nn2)CC1. The normalized spacial score (nSPS) is 24.6. The van der Waals surface area contributed by atoms with Crippen molar-refractivity contribution in [2.75, 3.05) is 5.32 Å². The summed E-state index contributed by atoms with van der Waals surface area (Å²) in [7, 11) is 0. The maximum atomic E-state index is 4.17. The lowest BCUT2D eigenvalue weighted by atomic mass is 9.83. The van der Waals surface area contributed by atoms with Gasteiger partial charge in [-0.15, -0.1) is 5.10 Å². The van der Waals surface area contributed by atoms with E-state index in [2.05, 4.69) is 22.4 Å². The highest BCUT2D eigenvalue weighted by molar-refractivity contribution is 5.34. The topological polar surface area (TPSA) is 37.8 Å². The van der Waals surface area contributed by atoms with E-state index >= 15 is 0 Å². The minimum atomic E-state index is 0.597. The van der Waals surface area contributed by atoms with Gasteiger partial charge in [0.05, 0.1) is 5.69 Å². The second-order valence-corrected chi connectivity index (χ2v) is 5.21. The molecule has 1 saturated carbocycles. The number of rotatable bonds is 4. The molecule has 1 N–H and O–H groups in total. The van der Waals surface area contributed by atoms with E-state index in [1.54, 1.807) is 0 Å². The van der Waals surface area contributed by atoms with Crippen LogP contribution in [-0.2, 0) is 0 Å². The predicted octanol–water partition coefficient (Wildman–Crippen LogP) is 3.56. The molecule has 0 unspecified atom stereocenters. The summed E-state index contributed by atoms with van der Waals surface area (Å²) in [5.41, 5.74) is 0.974. The Labute approximate surface area is 104 Å². The van der Waals surface area contributed by atoms with E-state index in [1.807, 2.05) is 19.1 Å². The summed E-state index contributed by atoms with van der Waals surface area (Å²) in [5.74, 6) is 1.89. The van der Waals surface area contributed by atoms with Crippen molar-refractivity contribution in [1.82, 2.24) is 10.2 Å². The highest BCUT2D eigenvalue weighted by atomic mass is 15.2. The fourth-order valence-electron chi connectivity index (χ4n) is 2.69. The third kappa shape index (κ3) is 3.69. The molecule has 17 heavy (non-hydrogen) atoms. The van der Waals surface area contributed by atoms with Crippen LogP contribution in [0.1, 0.15) is 51.1 Å². The zero-order chi connectivity index (χ0) is 12.1. The van der Waals surface area contributed by atoms with Crippen LogP contribution < -0.4 is 5.32 Å². The van der Waals surface area contributed by atoms with Gasteiger partial charge in [0.15, 0.2) is 0 Å². The molecular formula is C14H23N3. The monoisotopic (exact) mass is 233 g/mol. The Balaban J connectivity index is 1.79. The minimum absolute atomic E-state index is 0.597. The van der Waals surface area contributed by atoms with Gasteiger partial charge in [-0.2, -0.15) is 5.10 Å². The molecule has 2 rings (SSSR count). The quantitative estimate of drug-likeness (QED) is 0.864. The van der Waals surface area contributed by atoms with Crippen molar-refractivity contribution in [3.63, 3.8) is 0 Å². The Kier molecular flexibility index (Phi) is 4.35. The van der Waals surface area contributed by atoms with E-state index in [0.29, 0.717) is 6.04 Å². The molecule has 1 aliphatic rings. The van der Waals surface area contributed by atoms with Gasteiger partial charge >= 0.3 is 0 Å². The zero-order valence-corrected chi connectivity index (χ0v) is 10.9. The van der Waals surface area contributed by atoms with Crippen LogP contribution in [0.2, 0.25) is 0 Å². The molecule has 1 aliphatic carbocycles. The average Bonchev–Trinajstić information content (AvgIpc) is 2.35. The summed E-state index contributed by atoms with van der Waals surface area (Å²) in [4.78, 5) is 0. The van der Waals surface area contributed by atoms with Crippen molar-refractivity contribution in [2.24, 2.45) is 5.92 Å². The van der Waals surface area contributed by atoms with Gasteiger partial charge in [0.1, 0.15) is 5.82 Å². The maximum absolute atomic E-state index is 4.17. The number of hydrogen-bond acceptors (Lipinski definition) is 3. The second kappa shape index (κ2) is 5.99. The molecule has 94 valence electrons. The summed E-state index contributed by atoms with van der Waals surface area (Å²) in [6, 6.07) is 4.64. The molecule has 1 heterocycles. The van der Waals surface area contributed by atoms with Crippen LogP contribution in [0.4, 0.5) is 5.82 Å². The molecular weight excluding hydrogens is 210 g/mol. The van der Waals surface area contributed by atoms with Crippen molar-refractivity contribution >= 4 is 5.82 Å². The van der Waals surface area contributed by atoms with E-state index in [-0.39, 0.29) is 0 Å². The van der Waals surface area contributed by atoms with Crippen molar-refractivity contribution in [2.45, 2.75) is 58.4 Å². The lowest BCUT2D eigenvalue weighted by molar-refractivity contribution is 0.318. The van der Waals surface area contributed by atoms with Gasteiger partial charge in [-0.05, 0) is 50.7 Å². The number of nitrogens with zero attached hydrogens (tertiary/aromatic N) is 2. The van der Waals surface area contributed by atoms with Crippen molar-refractivity contribution in [1.29, 1.82) is 0 Å². The van der Waals surface area contributed by atoms with E-state index in [1.165, 1.54) is 38.5 Å². The molecule has 0 spiro atoms. The van der Waals surface area contributed by atoms with Crippen LogP contribution in [0.5, 0.6) is 0 Å². The molecule has 0 saturated heterocycles. The Morgan fingerprint density at radius 1 is 1.18 bits per heavy atom. The first-order valence-corrected chi connectivity index (χ1v) is 6.84. The number of hydrogen-bond donors (Lipinski definition) is 1. The highest BCUT2D eigenvalue weighted by Gasteiger charge is 2.20. The maximum Gasteiger partial charge on any atom is 0.148 e. The summed E-state index contributed by atoms with van der Waals surface area (Å²) in [6.45, 7) is 4.25. The third-order valence-corrected chi connectivity index (χ3v) is 3.69.